The SMILES string of the molecule is CSc1ncccc1C(=O)NC(CCS(C)(=O)=O)C(=O)O. The van der Waals surface area contributed by atoms with Crippen LogP contribution in [0.15, 0.2) is 23.4 Å². The Hall–Kier alpha value is -1.61. The van der Waals surface area contributed by atoms with Gasteiger partial charge >= 0.3 is 5.97 Å². The Morgan fingerprint density at radius 2 is 2.14 bits per heavy atom. The molecule has 1 amide bonds. The fourth-order valence-corrected chi connectivity index (χ4v) is 2.76. The van der Waals surface area contributed by atoms with E-state index in [0.29, 0.717) is 5.03 Å². The molecule has 0 aliphatic heterocycles. The topological polar surface area (TPSA) is 113 Å². The number of hydrogen-bond acceptors (Lipinski definition) is 6. The summed E-state index contributed by atoms with van der Waals surface area (Å²) in [5.74, 6) is -2.18. The van der Waals surface area contributed by atoms with E-state index < -0.39 is 27.8 Å². The van der Waals surface area contributed by atoms with E-state index in [1.165, 1.54) is 24.0 Å². The number of hydrogen-bond donors (Lipinski definition) is 2. The summed E-state index contributed by atoms with van der Waals surface area (Å²) < 4.78 is 22.2. The van der Waals surface area contributed by atoms with E-state index in [-0.39, 0.29) is 17.7 Å². The molecule has 1 heterocycles. The molecule has 0 aliphatic rings. The zero-order valence-corrected chi connectivity index (χ0v) is 13.2. The van der Waals surface area contributed by atoms with E-state index in [2.05, 4.69) is 10.3 Å². The molecule has 21 heavy (non-hydrogen) atoms. The van der Waals surface area contributed by atoms with Gasteiger partial charge in [0.15, 0.2) is 0 Å². The molecule has 0 bridgehead atoms. The number of rotatable bonds is 7. The summed E-state index contributed by atoms with van der Waals surface area (Å²) in [6, 6.07) is 1.84. The van der Waals surface area contributed by atoms with Crippen molar-refractivity contribution in [3.8, 4) is 0 Å². The molecule has 7 nitrogen and oxygen atoms in total. The molecular weight excluding hydrogens is 316 g/mol. The van der Waals surface area contributed by atoms with Crippen LogP contribution in [0.3, 0.4) is 0 Å². The van der Waals surface area contributed by atoms with Crippen LogP contribution in [0.25, 0.3) is 0 Å². The third-order valence-electron chi connectivity index (χ3n) is 2.59. The van der Waals surface area contributed by atoms with Crippen molar-refractivity contribution in [3.63, 3.8) is 0 Å². The number of carbonyl (C=O) groups is 2. The normalized spacial score (nSPS) is 12.7. The van der Waals surface area contributed by atoms with E-state index in [1.807, 2.05) is 0 Å². The molecule has 0 fully saturated rings. The number of aromatic nitrogens is 1. The summed E-state index contributed by atoms with van der Waals surface area (Å²) in [4.78, 5) is 27.2. The molecule has 2 N–H and O–H groups in total. The molecule has 0 aromatic carbocycles. The van der Waals surface area contributed by atoms with Gasteiger partial charge in [-0.05, 0) is 24.8 Å². The summed E-state index contributed by atoms with van der Waals surface area (Å²) in [6.45, 7) is 0. The molecule has 0 saturated heterocycles. The quantitative estimate of drug-likeness (QED) is 0.696. The van der Waals surface area contributed by atoms with E-state index >= 15 is 0 Å². The van der Waals surface area contributed by atoms with Crippen molar-refractivity contribution in [3.05, 3.63) is 23.9 Å². The van der Waals surface area contributed by atoms with Crippen LogP contribution in [-0.2, 0) is 14.6 Å². The highest BCUT2D eigenvalue weighted by atomic mass is 32.2. The van der Waals surface area contributed by atoms with Crippen molar-refractivity contribution in [2.75, 3.05) is 18.3 Å². The Kier molecular flexibility index (Phi) is 6.16. The zero-order valence-electron chi connectivity index (χ0n) is 11.6. The van der Waals surface area contributed by atoms with Gasteiger partial charge in [0.2, 0.25) is 0 Å². The van der Waals surface area contributed by atoms with E-state index in [1.54, 1.807) is 12.3 Å². The van der Waals surface area contributed by atoms with Gasteiger partial charge in [0.25, 0.3) is 5.91 Å². The molecular formula is C12H16N2O5S2. The maximum Gasteiger partial charge on any atom is 0.326 e. The van der Waals surface area contributed by atoms with Crippen LogP contribution in [-0.4, -0.2) is 54.7 Å². The second-order valence-electron chi connectivity index (χ2n) is 4.34. The molecule has 1 aromatic rings. The smallest absolute Gasteiger partial charge is 0.326 e. The number of sulfone groups is 1. The first kappa shape index (κ1) is 17.4. The van der Waals surface area contributed by atoms with Gasteiger partial charge in [-0.1, -0.05) is 0 Å². The molecule has 1 aromatic heterocycles. The number of amides is 1. The van der Waals surface area contributed by atoms with Crippen LogP contribution in [0.1, 0.15) is 16.8 Å². The van der Waals surface area contributed by atoms with E-state index in [4.69, 9.17) is 5.11 Å². The molecule has 1 rings (SSSR count). The van der Waals surface area contributed by atoms with Gasteiger partial charge in [0.1, 0.15) is 20.9 Å². The first-order valence-corrected chi connectivity index (χ1v) is 9.23. The number of nitrogens with one attached hydrogen (secondary N) is 1. The zero-order chi connectivity index (χ0) is 16.0. The average molecular weight is 332 g/mol. The lowest BCUT2D eigenvalue weighted by atomic mass is 10.2. The van der Waals surface area contributed by atoms with Crippen molar-refractivity contribution in [2.24, 2.45) is 0 Å². The van der Waals surface area contributed by atoms with E-state index in [9.17, 15) is 18.0 Å². The molecule has 116 valence electrons. The predicted molar refractivity (Wildman–Crippen MR) is 79.2 cm³/mol. The lowest BCUT2D eigenvalue weighted by Gasteiger charge is -2.14. The first-order valence-electron chi connectivity index (χ1n) is 5.95. The number of carboxylic acids is 1. The lowest BCUT2D eigenvalue weighted by Crippen LogP contribution is -2.42. The summed E-state index contributed by atoms with van der Waals surface area (Å²) in [6.07, 6.45) is 4.11. The van der Waals surface area contributed by atoms with Gasteiger partial charge in [-0.3, -0.25) is 4.79 Å². The van der Waals surface area contributed by atoms with Gasteiger partial charge in [0, 0.05) is 12.5 Å². The van der Waals surface area contributed by atoms with Crippen LogP contribution in [0, 0.1) is 0 Å². The van der Waals surface area contributed by atoms with Crippen LogP contribution < -0.4 is 5.32 Å². The van der Waals surface area contributed by atoms with Crippen LogP contribution in [0.5, 0.6) is 0 Å². The number of carboxylic acid groups (broad SMARTS) is 1. The molecule has 0 aliphatic carbocycles. The third-order valence-corrected chi connectivity index (χ3v) is 4.28. The Morgan fingerprint density at radius 1 is 1.48 bits per heavy atom. The lowest BCUT2D eigenvalue weighted by molar-refractivity contribution is -0.139. The summed E-state index contributed by atoms with van der Waals surface area (Å²) >= 11 is 1.26. The molecule has 0 saturated carbocycles. The van der Waals surface area contributed by atoms with Gasteiger partial charge in [0.05, 0.1) is 11.3 Å². The maximum atomic E-state index is 12.1. The molecule has 1 unspecified atom stereocenters. The molecule has 1 atom stereocenters. The monoisotopic (exact) mass is 332 g/mol. The number of thioether (sulfide) groups is 1. The van der Waals surface area contributed by atoms with Crippen molar-refractivity contribution in [1.29, 1.82) is 0 Å². The van der Waals surface area contributed by atoms with Crippen molar-refractivity contribution < 1.29 is 23.1 Å². The van der Waals surface area contributed by atoms with Crippen LogP contribution in [0.4, 0.5) is 0 Å². The van der Waals surface area contributed by atoms with Crippen molar-refractivity contribution >= 4 is 33.5 Å². The van der Waals surface area contributed by atoms with Gasteiger partial charge in [-0.25, -0.2) is 18.2 Å². The Bertz CT molecular complexity index is 630. The molecule has 0 spiro atoms. The second kappa shape index (κ2) is 7.41. The van der Waals surface area contributed by atoms with Crippen molar-refractivity contribution in [2.45, 2.75) is 17.5 Å². The van der Waals surface area contributed by atoms with Gasteiger partial charge in [-0.15, -0.1) is 11.8 Å². The molecule has 9 heteroatoms. The van der Waals surface area contributed by atoms with Gasteiger partial charge in [-0.2, -0.15) is 0 Å². The average Bonchev–Trinajstić information content (AvgIpc) is 2.41. The molecule has 0 radical (unpaired) electrons. The van der Waals surface area contributed by atoms with Gasteiger partial charge < -0.3 is 10.4 Å². The van der Waals surface area contributed by atoms with Crippen LogP contribution in [0.2, 0.25) is 0 Å². The number of carbonyl (C=O) groups excluding carboxylic acids is 1. The Labute approximate surface area is 127 Å². The minimum atomic E-state index is -3.30. The second-order valence-corrected chi connectivity index (χ2v) is 7.40. The maximum absolute atomic E-state index is 12.1. The van der Waals surface area contributed by atoms with E-state index in [0.717, 1.165) is 6.26 Å². The van der Waals surface area contributed by atoms with Crippen LogP contribution >= 0.6 is 11.8 Å². The van der Waals surface area contributed by atoms with Crippen molar-refractivity contribution in [1.82, 2.24) is 10.3 Å². The number of nitrogens with zero attached hydrogens (tertiary/aromatic N) is 1. The highest BCUT2D eigenvalue weighted by molar-refractivity contribution is 7.98. The highest BCUT2D eigenvalue weighted by Crippen LogP contribution is 2.16. The largest absolute Gasteiger partial charge is 0.480 e. The standard InChI is InChI=1S/C12H16N2O5S2/c1-20-11-8(4-3-6-13-11)10(15)14-9(12(16)17)5-7-21(2,18)19/h3-4,6,9H,5,7H2,1-2H3,(H,14,15)(H,16,17). The Balaban J connectivity index is 2.84. The predicted octanol–water partition coefficient (Wildman–Crippen LogP) is 0.421. The fourth-order valence-electron chi connectivity index (χ4n) is 1.55. The third kappa shape index (κ3) is 5.72. The first-order chi connectivity index (χ1) is 9.74. The minimum absolute atomic E-state index is 0.186. The number of pyridine rings is 1. The summed E-state index contributed by atoms with van der Waals surface area (Å²) in [7, 11) is -3.30. The summed E-state index contributed by atoms with van der Waals surface area (Å²) in [5, 5.41) is 11.9. The fraction of sp³-hybridized carbons (Fsp3) is 0.417. The number of aliphatic carboxylic acids is 1. The Morgan fingerprint density at radius 3 is 2.67 bits per heavy atom. The minimum Gasteiger partial charge on any atom is -0.480 e. The summed E-state index contributed by atoms with van der Waals surface area (Å²) in [5.41, 5.74) is 0.260. The highest BCUT2D eigenvalue weighted by Gasteiger charge is 2.23.